The van der Waals surface area contributed by atoms with Gasteiger partial charge in [0.05, 0.1) is 18.8 Å². The van der Waals surface area contributed by atoms with Gasteiger partial charge in [-0.15, -0.1) is 0 Å². The van der Waals surface area contributed by atoms with E-state index in [1.165, 1.54) is 16.8 Å². The number of carbonyl (C=O) groups is 2. The van der Waals surface area contributed by atoms with E-state index in [9.17, 15) is 14.7 Å². The minimum Gasteiger partial charge on any atom is -0.394 e. The molecule has 1 unspecified atom stereocenters. The summed E-state index contributed by atoms with van der Waals surface area (Å²) < 4.78 is 1.52. The van der Waals surface area contributed by atoms with Crippen molar-refractivity contribution in [2.75, 3.05) is 17.2 Å². The number of aliphatic hydroxyl groups is 1. The van der Waals surface area contributed by atoms with Crippen molar-refractivity contribution >= 4 is 58.8 Å². The number of carbonyl (C=O) groups excluding carboxylic acids is 2. The van der Waals surface area contributed by atoms with Gasteiger partial charge in [-0.3, -0.25) is 10.1 Å². The van der Waals surface area contributed by atoms with E-state index < -0.39 is 18.0 Å². The SMILES string of the molecule is O=C1NC(=O)/C(=C/c2cnn3c(NC4CC4)nc(NC(CO)c4cc(Cl)cc(Cl)c4)nc23)N1. The van der Waals surface area contributed by atoms with Crippen LogP contribution in [0.2, 0.25) is 10.0 Å². The zero-order chi connectivity index (χ0) is 23.1. The lowest BCUT2D eigenvalue weighted by Crippen LogP contribution is -2.22. The molecule has 170 valence electrons. The molecule has 2 fully saturated rings. The molecule has 1 atom stereocenters. The van der Waals surface area contributed by atoms with Gasteiger partial charge in [0.1, 0.15) is 5.70 Å². The molecule has 1 aliphatic heterocycles. The third-order valence-electron chi connectivity index (χ3n) is 5.10. The summed E-state index contributed by atoms with van der Waals surface area (Å²) >= 11 is 12.2. The minimum absolute atomic E-state index is 0.0847. The van der Waals surface area contributed by atoms with Crippen LogP contribution in [-0.2, 0) is 4.79 Å². The Kier molecular flexibility index (Phi) is 5.52. The Hall–Kier alpha value is -3.41. The first kappa shape index (κ1) is 21.4. The van der Waals surface area contributed by atoms with Crippen molar-refractivity contribution in [1.29, 1.82) is 0 Å². The molecule has 2 aromatic heterocycles. The number of nitrogens with one attached hydrogen (secondary N) is 4. The number of amides is 3. The monoisotopic (exact) mass is 488 g/mol. The number of aliphatic hydroxyl groups excluding tert-OH is 1. The lowest BCUT2D eigenvalue weighted by Gasteiger charge is -2.18. The number of benzene rings is 1. The normalized spacial score (nSPS) is 17.8. The molecule has 5 rings (SSSR count). The first-order valence-electron chi connectivity index (χ1n) is 10.1. The van der Waals surface area contributed by atoms with Crippen molar-refractivity contribution in [2.24, 2.45) is 0 Å². The molecule has 33 heavy (non-hydrogen) atoms. The molecule has 0 radical (unpaired) electrons. The maximum absolute atomic E-state index is 11.9. The van der Waals surface area contributed by atoms with E-state index in [2.05, 4.69) is 36.3 Å². The highest BCUT2D eigenvalue weighted by Gasteiger charge is 2.26. The predicted octanol–water partition coefficient (Wildman–Crippen LogP) is 2.33. The standard InChI is InChI=1S/C20H18Cl2N8O3/c21-11-3-9(4-12(22)6-11)15(8-31)25-18-27-16-10(5-14-17(32)28-20(33)26-14)7-23-30(16)19(29-18)24-13-1-2-13/h3-7,13,15,31H,1-2,8H2,(H2,24,25,27,29)(H2,26,28,32,33)/b14-5-. The molecule has 1 aliphatic carbocycles. The Morgan fingerprint density at radius 1 is 1.18 bits per heavy atom. The average Bonchev–Trinajstić information content (AvgIpc) is 3.40. The van der Waals surface area contributed by atoms with Gasteiger partial charge in [0.2, 0.25) is 11.9 Å². The summed E-state index contributed by atoms with van der Waals surface area (Å²) in [5, 5.41) is 26.2. The third-order valence-corrected chi connectivity index (χ3v) is 5.54. The van der Waals surface area contributed by atoms with Crippen LogP contribution >= 0.6 is 23.2 Å². The molecule has 1 aromatic carbocycles. The molecular weight excluding hydrogens is 471 g/mol. The van der Waals surface area contributed by atoms with E-state index in [0.717, 1.165) is 12.8 Å². The second-order valence-electron chi connectivity index (χ2n) is 7.67. The van der Waals surface area contributed by atoms with E-state index in [0.29, 0.717) is 32.8 Å². The largest absolute Gasteiger partial charge is 0.394 e. The molecular formula is C20H18Cl2N8O3. The van der Waals surface area contributed by atoms with E-state index in [1.807, 2.05) is 0 Å². The Balaban J connectivity index is 1.54. The van der Waals surface area contributed by atoms with Gasteiger partial charge < -0.3 is 21.1 Å². The fourth-order valence-electron chi connectivity index (χ4n) is 3.37. The molecule has 0 bridgehead atoms. The second kappa shape index (κ2) is 8.50. The molecule has 1 saturated carbocycles. The maximum atomic E-state index is 11.9. The molecule has 1 saturated heterocycles. The highest BCUT2D eigenvalue weighted by molar-refractivity contribution is 6.34. The summed E-state index contributed by atoms with van der Waals surface area (Å²) in [7, 11) is 0. The molecule has 13 heteroatoms. The van der Waals surface area contributed by atoms with Crippen LogP contribution in [0, 0.1) is 0 Å². The number of nitrogens with zero attached hydrogens (tertiary/aromatic N) is 4. The van der Waals surface area contributed by atoms with Gasteiger partial charge in [-0.2, -0.15) is 19.6 Å². The van der Waals surface area contributed by atoms with E-state index in [4.69, 9.17) is 23.2 Å². The topological polar surface area (TPSA) is 146 Å². The van der Waals surface area contributed by atoms with Crippen LogP contribution in [0.3, 0.4) is 0 Å². The molecule has 3 heterocycles. The van der Waals surface area contributed by atoms with Crippen LogP contribution in [0.25, 0.3) is 11.7 Å². The Morgan fingerprint density at radius 2 is 1.94 bits per heavy atom. The molecule has 0 spiro atoms. The van der Waals surface area contributed by atoms with Gasteiger partial charge >= 0.3 is 6.03 Å². The number of aromatic nitrogens is 4. The molecule has 11 nitrogen and oxygen atoms in total. The van der Waals surface area contributed by atoms with Crippen molar-refractivity contribution in [3.8, 4) is 0 Å². The lowest BCUT2D eigenvalue weighted by molar-refractivity contribution is -0.115. The van der Waals surface area contributed by atoms with Crippen LogP contribution in [0.4, 0.5) is 16.7 Å². The fraction of sp³-hybridized carbons (Fsp3) is 0.250. The van der Waals surface area contributed by atoms with Crippen molar-refractivity contribution in [2.45, 2.75) is 24.9 Å². The van der Waals surface area contributed by atoms with Crippen LogP contribution in [-0.4, -0.2) is 49.3 Å². The lowest BCUT2D eigenvalue weighted by atomic mass is 10.1. The number of fused-ring (bicyclic) bond motifs is 1. The number of urea groups is 1. The zero-order valence-corrected chi connectivity index (χ0v) is 18.5. The smallest absolute Gasteiger partial charge is 0.326 e. The second-order valence-corrected chi connectivity index (χ2v) is 8.55. The first-order chi connectivity index (χ1) is 15.9. The first-order valence-corrected chi connectivity index (χ1v) is 10.8. The third kappa shape index (κ3) is 4.56. The predicted molar refractivity (Wildman–Crippen MR) is 122 cm³/mol. The van der Waals surface area contributed by atoms with E-state index in [1.54, 1.807) is 18.2 Å². The molecule has 2 aliphatic rings. The van der Waals surface area contributed by atoms with E-state index in [-0.39, 0.29) is 24.3 Å². The zero-order valence-electron chi connectivity index (χ0n) is 17.0. The van der Waals surface area contributed by atoms with Gasteiger partial charge in [0, 0.05) is 21.7 Å². The van der Waals surface area contributed by atoms with Gasteiger partial charge in [-0.05, 0) is 42.7 Å². The highest BCUT2D eigenvalue weighted by atomic mass is 35.5. The summed E-state index contributed by atoms with van der Waals surface area (Å²) in [5.41, 5.74) is 1.65. The van der Waals surface area contributed by atoms with Crippen LogP contribution in [0.15, 0.2) is 30.1 Å². The van der Waals surface area contributed by atoms with Crippen molar-refractivity contribution < 1.29 is 14.7 Å². The molecule has 3 aromatic rings. The Bertz CT molecular complexity index is 1280. The molecule has 3 amide bonds. The van der Waals surface area contributed by atoms with Gasteiger partial charge in [-0.1, -0.05) is 23.2 Å². The van der Waals surface area contributed by atoms with Crippen molar-refractivity contribution in [1.82, 2.24) is 30.2 Å². The number of rotatable bonds is 7. The van der Waals surface area contributed by atoms with Gasteiger partial charge in [0.15, 0.2) is 5.65 Å². The van der Waals surface area contributed by atoms with E-state index >= 15 is 0 Å². The maximum Gasteiger partial charge on any atom is 0.326 e. The van der Waals surface area contributed by atoms with Gasteiger partial charge in [-0.25, -0.2) is 4.79 Å². The minimum atomic E-state index is -0.596. The van der Waals surface area contributed by atoms with Crippen LogP contribution in [0.1, 0.15) is 30.0 Å². The Morgan fingerprint density at radius 3 is 2.58 bits per heavy atom. The number of halogens is 2. The molecule has 5 N–H and O–H groups in total. The summed E-state index contributed by atoms with van der Waals surface area (Å²) in [6.07, 6.45) is 5.04. The van der Waals surface area contributed by atoms with Crippen molar-refractivity contribution in [3.63, 3.8) is 0 Å². The summed E-state index contributed by atoms with van der Waals surface area (Å²) in [4.78, 5) is 32.4. The Labute approximate surface area is 197 Å². The van der Waals surface area contributed by atoms with Crippen molar-refractivity contribution in [3.05, 3.63) is 51.3 Å². The summed E-state index contributed by atoms with van der Waals surface area (Å²) in [6, 6.07) is 4.09. The number of hydrogen-bond acceptors (Lipinski definition) is 8. The number of anilines is 2. The number of hydrogen-bond donors (Lipinski definition) is 5. The van der Waals surface area contributed by atoms with Gasteiger partial charge in [0.25, 0.3) is 5.91 Å². The quantitative estimate of drug-likeness (QED) is 0.251. The van der Waals surface area contributed by atoms with Crippen LogP contribution < -0.4 is 21.3 Å². The summed E-state index contributed by atoms with van der Waals surface area (Å²) in [6.45, 7) is -0.265. The average molecular weight is 489 g/mol. The summed E-state index contributed by atoms with van der Waals surface area (Å²) in [5.74, 6) is 0.137. The van der Waals surface area contributed by atoms with Crippen LogP contribution in [0.5, 0.6) is 0 Å². The fourth-order valence-corrected chi connectivity index (χ4v) is 3.91. The number of imide groups is 1. The highest BCUT2D eigenvalue weighted by Crippen LogP contribution is 2.28.